The van der Waals surface area contributed by atoms with Gasteiger partial charge >= 0.3 is 0 Å². The predicted octanol–water partition coefficient (Wildman–Crippen LogP) is 4.37. The van der Waals surface area contributed by atoms with Crippen molar-refractivity contribution in [2.75, 3.05) is 27.3 Å². The first-order valence-corrected chi connectivity index (χ1v) is 12.3. The number of likely N-dealkylation sites (tertiary alicyclic amines) is 1. The summed E-state index contributed by atoms with van der Waals surface area (Å²) < 4.78 is 17.4. The number of nitrogens with zero attached hydrogens (tertiary/aromatic N) is 2. The standard InChI is InChI=1S/C29H30N2O6/c1-28(2,17-32)18-8-9-23-20(14-18)22(33)16-29(37-23)10-12-31(13-11-29)27(34)21-15-25(36-4)19-6-5-7-24(35-3)26(19)30-21/h5-9,14-15,17H,10-13,16H2,1-4H3. The Balaban J connectivity index is 1.35. The fourth-order valence-corrected chi connectivity index (χ4v) is 5.16. The quantitative estimate of drug-likeness (QED) is 0.478. The van der Waals surface area contributed by atoms with Gasteiger partial charge in [-0.25, -0.2) is 4.98 Å². The molecule has 0 aliphatic carbocycles. The zero-order valence-electron chi connectivity index (χ0n) is 21.5. The van der Waals surface area contributed by atoms with Crippen LogP contribution in [0.2, 0.25) is 0 Å². The Bertz CT molecular complexity index is 1410. The number of fused-ring (bicyclic) bond motifs is 2. The van der Waals surface area contributed by atoms with Crippen LogP contribution in [0.4, 0.5) is 0 Å². The third-order valence-corrected chi connectivity index (χ3v) is 7.51. The second-order valence-electron chi connectivity index (χ2n) is 10.3. The van der Waals surface area contributed by atoms with Crippen LogP contribution in [0.1, 0.15) is 59.5 Å². The van der Waals surface area contributed by atoms with Gasteiger partial charge < -0.3 is 23.9 Å². The number of piperidine rings is 1. The molecule has 1 spiro atoms. The zero-order valence-corrected chi connectivity index (χ0v) is 21.5. The van der Waals surface area contributed by atoms with Crippen LogP contribution >= 0.6 is 0 Å². The highest BCUT2D eigenvalue weighted by Crippen LogP contribution is 2.41. The summed E-state index contributed by atoms with van der Waals surface area (Å²) in [4.78, 5) is 44.4. The Morgan fingerprint density at radius 2 is 1.81 bits per heavy atom. The van der Waals surface area contributed by atoms with Gasteiger partial charge in [-0.2, -0.15) is 0 Å². The third-order valence-electron chi connectivity index (χ3n) is 7.51. The van der Waals surface area contributed by atoms with E-state index in [0.717, 1.165) is 17.2 Å². The molecule has 0 atom stereocenters. The molecule has 192 valence electrons. The SMILES string of the molecule is COc1cc(C(=O)N2CCC3(CC2)CC(=O)c2cc(C(C)(C)C=O)ccc2O3)nc2c(OC)cccc12. The molecule has 1 aromatic heterocycles. The van der Waals surface area contributed by atoms with Gasteiger partial charge in [0.15, 0.2) is 5.78 Å². The largest absolute Gasteiger partial charge is 0.496 e. The Morgan fingerprint density at radius 1 is 1.08 bits per heavy atom. The Labute approximate surface area is 215 Å². The second kappa shape index (κ2) is 9.18. The van der Waals surface area contributed by atoms with E-state index in [9.17, 15) is 14.4 Å². The molecule has 3 heterocycles. The van der Waals surface area contributed by atoms with Crippen LogP contribution in [0.3, 0.4) is 0 Å². The summed E-state index contributed by atoms with van der Waals surface area (Å²) in [6, 6.07) is 12.6. The van der Waals surface area contributed by atoms with Crippen LogP contribution < -0.4 is 14.2 Å². The van der Waals surface area contributed by atoms with Crippen molar-refractivity contribution in [3.05, 3.63) is 59.3 Å². The van der Waals surface area contributed by atoms with Gasteiger partial charge in [0, 0.05) is 42.8 Å². The third kappa shape index (κ3) is 4.30. The average Bonchev–Trinajstić information content (AvgIpc) is 2.91. The number of amides is 1. The summed E-state index contributed by atoms with van der Waals surface area (Å²) >= 11 is 0. The molecule has 2 aromatic carbocycles. The average molecular weight is 503 g/mol. The molecule has 1 amide bonds. The van der Waals surface area contributed by atoms with E-state index in [4.69, 9.17) is 14.2 Å². The predicted molar refractivity (Wildman–Crippen MR) is 138 cm³/mol. The van der Waals surface area contributed by atoms with Crippen molar-refractivity contribution in [1.29, 1.82) is 0 Å². The number of ketones is 1. The fourth-order valence-electron chi connectivity index (χ4n) is 5.16. The summed E-state index contributed by atoms with van der Waals surface area (Å²) in [6.45, 7) is 4.51. The highest BCUT2D eigenvalue weighted by molar-refractivity contribution is 6.01. The Morgan fingerprint density at radius 3 is 2.49 bits per heavy atom. The van der Waals surface area contributed by atoms with Gasteiger partial charge in [0.2, 0.25) is 0 Å². The van der Waals surface area contributed by atoms with Gasteiger partial charge in [0.25, 0.3) is 5.91 Å². The summed E-state index contributed by atoms with van der Waals surface area (Å²) in [6.07, 6.45) is 2.18. The zero-order chi connectivity index (χ0) is 26.4. The molecule has 1 saturated heterocycles. The molecule has 0 saturated carbocycles. The van der Waals surface area contributed by atoms with E-state index in [1.165, 1.54) is 0 Å². The van der Waals surface area contributed by atoms with Crippen LogP contribution in [-0.4, -0.2) is 60.8 Å². The number of hydrogen-bond acceptors (Lipinski definition) is 7. The molecule has 3 aromatic rings. The van der Waals surface area contributed by atoms with Gasteiger partial charge in [-0.1, -0.05) is 12.1 Å². The Hall–Kier alpha value is -3.94. The molecule has 0 bridgehead atoms. The lowest BCUT2D eigenvalue weighted by atomic mass is 9.80. The van der Waals surface area contributed by atoms with E-state index in [2.05, 4.69) is 4.98 Å². The Kier molecular flexibility index (Phi) is 6.14. The molecule has 0 N–H and O–H groups in total. The van der Waals surface area contributed by atoms with Crippen molar-refractivity contribution >= 4 is 28.9 Å². The molecule has 8 heteroatoms. The number of carbonyl (C=O) groups excluding carboxylic acids is 3. The first kappa shape index (κ1) is 24.7. The van der Waals surface area contributed by atoms with Gasteiger partial charge in [0.1, 0.15) is 40.3 Å². The highest BCUT2D eigenvalue weighted by atomic mass is 16.5. The number of carbonyl (C=O) groups is 3. The molecule has 0 radical (unpaired) electrons. The number of methoxy groups -OCH3 is 2. The number of rotatable bonds is 5. The van der Waals surface area contributed by atoms with Crippen molar-refractivity contribution in [3.63, 3.8) is 0 Å². The monoisotopic (exact) mass is 502 g/mol. The van der Waals surface area contributed by atoms with E-state index in [1.807, 2.05) is 32.0 Å². The fraction of sp³-hybridized carbons (Fsp3) is 0.379. The number of ether oxygens (including phenoxy) is 3. The molecule has 2 aliphatic rings. The van der Waals surface area contributed by atoms with Crippen LogP contribution in [0.25, 0.3) is 10.9 Å². The van der Waals surface area contributed by atoms with Crippen LogP contribution in [-0.2, 0) is 10.2 Å². The molecule has 37 heavy (non-hydrogen) atoms. The maximum atomic E-state index is 13.4. The molecule has 1 fully saturated rings. The molecule has 2 aliphatic heterocycles. The van der Waals surface area contributed by atoms with Crippen LogP contribution in [0.5, 0.6) is 17.2 Å². The van der Waals surface area contributed by atoms with Crippen molar-refractivity contribution in [2.45, 2.75) is 44.1 Å². The second-order valence-corrected chi connectivity index (χ2v) is 10.3. The van der Waals surface area contributed by atoms with E-state index >= 15 is 0 Å². The molecule has 0 unspecified atom stereocenters. The lowest BCUT2D eigenvalue weighted by molar-refractivity contribution is -0.111. The van der Waals surface area contributed by atoms with Gasteiger partial charge in [-0.3, -0.25) is 9.59 Å². The number of benzene rings is 2. The topological polar surface area (TPSA) is 95.0 Å². The summed E-state index contributed by atoms with van der Waals surface area (Å²) in [7, 11) is 3.13. The minimum absolute atomic E-state index is 0.00222. The number of aromatic nitrogens is 1. The summed E-state index contributed by atoms with van der Waals surface area (Å²) in [5.41, 5.74) is 0.805. The lowest BCUT2D eigenvalue weighted by Gasteiger charge is -2.44. The normalized spacial score (nSPS) is 16.8. The van der Waals surface area contributed by atoms with E-state index in [1.54, 1.807) is 43.4 Å². The summed E-state index contributed by atoms with van der Waals surface area (Å²) in [5, 5.41) is 0.767. The van der Waals surface area contributed by atoms with E-state index in [-0.39, 0.29) is 23.8 Å². The maximum Gasteiger partial charge on any atom is 0.272 e. The van der Waals surface area contributed by atoms with Crippen molar-refractivity contribution in [2.24, 2.45) is 0 Å². The van der Waals surface area contributed by atoms with E-state index in [0.29, 0.717) is 54.3 Å². The van der Waals surface area contributed by atoms with Crippen molar-refractivity contribution in [1.82, 2.24) is 9.88 Å². The van der Waals surface area contributed by atoms with Gasteiger partial charge in [0.05, 0.1) is 26.2 Å². The van der Waals surface area contributed by atoms with Gasteiger partial charge in [-0.05, 0) is 43.7 Å². The van der Waals surface area contributed by atoms with E-state index < -0.39 is 11.0 Å². The van der Waals surface area contributed by atoms with Crippen LogP contribution in [0, 0.1) is 0 Å². The number of pyridine rings is 1. The smallest absolute Gasteiger partial charge is 0.272 e. The van der Waals surface area contributed by atoms with Crippen molar-refractivity contribution in [3.8, 4) is 17.2 Å². The highest BCUT2D eigenvalue weighted by Gasteiger charge is 2.44. The first-order valence-electron chi connectivity index (χ1n) is 12.3. The summed E-state index contributed by atoms with van der Waals surface area (Å²) in [5.74, 6) is 1.45. The minimum Gasteiger partial charge on any atom is -0.496 e. The molecule has 5 rings (SSSR count). The van der Waals surface area contributed by atoms with Gasteiger partial charge in [-0.15, -0.1) is 0 Å². The number of para-hydroxylation sites is 1. The minimum atomic E-state index is -0.681. The number of aldehydes is 1. The maximum absolute atomic E-state index is 13.4. The lowest BCUT2D eigenvalue weighted by Crippen LogP contribution is -2.52. The number of hydrogen-bond donors (Lipinski definition) is 0. The first-order chi connectivity index (χ1) is 17.7. The van der Waals surface area contributed by atoms with Crippen molar-refractivity contribution < 1.29 is 28.6 Å². The van der Waals surface area contributed by atoms with Crippen LogP contribution in [0.15, 0.2) is 42.5 Å². The molecule has 8 nitrogen and oxygen atoms in total. The molecular formula is C29H30N2O6. The number of Topliss-reactive ketones (excluding diaryl/α,β-unsaturated/α-hetero) is 1. The molecular weight excluding hydrogens is 472 g/mol.